The molecule has 0 unspecified atom stereocenters. The molecule has 1 aromatic heterocycles. The number of hydrogen-bond acceptors (Lipinski definition) is 4. The highest BCUT2D eigenvalue weighted by Gasteiger charge is 2.05. The summed E-state index contributed by atoms with van der Waals surface area (Å²) in [4.78, 5) is 8.18. The van der Waals surface area contributed by atoms with Crippen LogP contribution in [0.15, 0.2) is 30.5 Å². The van der Waals surface area contributed by atoms with Gasteiger partial charge in [-0.25, -0.2) is 13.8 Å². The Balaban J connectivity index is 2.16. The molecule has 0 bridgehead atoms. The molecule has 0 spiro atoms. The summed E-state index contributed by atoms with van der Waals surface area (Å²) < 4.78 is 26.5. The van der Waals surface area contributed by atoms with Crippen LogP contribution in [-0.4, -0.2) is 16.5 Å². The minimum absolute atomic E-state index is 0.0418. The first-order valence-electron chi connectivity index (χ1n) is 5.98. The van der Waals surface area contributed by atoms with E-state index in [1.54, 1.807) is 12.3 Å². The molecule has 0 amide bonds. The van der Waals surface area contributed by atoms with E-state index in [0.29, 0.717) is 11.8 Å². The molecule has 0 fully saturated rings. The Morgan fingerprint density at radius 3 is 2.84 bits per heavy atom. The number of anilines is 3. The van der Waals surface area contributed by atoms with E-state index in [9.17, 15) is 8.78 Å². The maximum Gasteiger partial charge on any atom is 0.224 e. The van der Waals surface area contributed by atoms with Crippen molar-refractivity contribution in [3.63, 3.8) is 0 Å². The van der Waals surface area contributed by atoms with E-state index in [0.717, 1.165) is 31.2 Å². The van der Waals surface area contributed by atoms with Crippen molar-refractivity contribution in [2.75, 3.05) is 17.2 Å². The van der Waals surface area contributed by atoms with Crippen LogP contribution in [-0.2, 0) is 0 Å². The van der Waals surface area contributed by atoms with E-state index in [1.165, 1.54) is 0 Å². The molecule has 0 atom stereocenters. The molecule has 100 valence electrons. The van der Waals surface area contributed by atoms with Crippen LogP contribution in [0, 0.1) is 11.6 Å². The van der Waals surface area contributed by atoms with Crippen molar-refractivity contribution < 1.29 is 8.78 Å². The highest BCUT2D eigenvalue weighted by molar-refractivity contribution is 5.57. The first kappa shape index (κ1) is 13.2. The van der Waals surface area contributed by atoms with E-state index in [-0.39, 0.29) is 5.69 Å². The third-order valence-corrected chi connectivity index (χ3v) is 2.38. The fourth-order valence-electron chi connectivity index (χ4n) is 1.48. The third-order valence-electron chi connectivity index (χ3n) is 2.38. The van der Waals surface area contributed by atoms with Gasteiger partial charge in [-0.3, -0.25) is 0 Å². The Hall–Kier alpha value is -2.24. The van der Waals surface area contributed by atoms with Crippen LogP contribution in [0.25, 0.3) is 0 Å². The standard InChI is InChI=1S/C13H14F2N4/c1-2-6-16-13-17-7-5-12(19-13)18-11-8-9(14)3-4-10(11)15/h3-5,7-8H,2,6H2,1H3,(H2,16,17,18,19). The lowest BCUT2D eigenvalue weighted by molar-refractivity contribution is 0.603. The number of aromatic nitrogens is 2. The van der Waals surface area contributed by atoms with E-state index in [1.807, 2.05) is 6.92 Å². The van der Waals surface area contributed by atoms with Crippen molar-refractivity contribution in [3.05, 3.63) is 42.1 Å². The van der Waals surface area contributed by atoms with Gasteiger partial charge in [-0.05, 0) is 24.6 Å². The zero-order chi connectivity index (χ0) is 13.7. The Kier molecular flexibility index (Phi) is 4.22. The zero-order valence-corrected chi connectivity index (χ0v) is 10.5. The normalized spacial score (nSPS) is 10.3. The van der Waals surface area contributed by atoms with Gasteiger partial charge in [0.25, 0.3) is 0 Å². The SMILES string of the molecule is CCCNc1nccc(Nc2cc(F)ccc2F)n1. The molecule has 2 N–H and O–H groups in total. The minimum atomic E-state index is -0.539. The van der Waals surface area contributed by atoms with Gasteiger partial charge in [0.05, 0.1) is 5.69 Å². The van der Waals surface area contributed by atoms with Gasteiger partial charge in [0.2, 0.25) is 5.95 Å². The van der Waals surface area contributed by atoms with Crippen LogP contribution in [0.5, 0.6) is 0 Å². The number of nitrogens with one attached hydrogen (secondary N) is 2. The molecule has 2 rings (SSSR count). The fraction of sp³-hybridized carbons (Fsp3) is 0.231. The average molecular weight is 264 g/mol. The molecule has 0 aliphatic rings. The van der Waals surface area contributed by atoms with Gasteiger partial charge < -0.3 is 10.6 Å². The number of rotatable bonds is 5. The molecular weight excluding hydrogens is 250 g/mol. The van der Waals surface area contributed by atoms with Crippen molar-refractivity contribution in [1.29, 1.82) is 0 Å². The van der Waals surface area contributed by atoms with Crippen LogP contribution in [0.2, 0.25) is 0 Å². The Bertz CT molecular complexity index is 560. The van der Waals surface area contributed by atoms with Gasteiger partial charge in [0.15, 0.2) is 0 Å². The monoisotopic (exact) mass is 264 g/mol. The average Bonchev–Trinajstić information content (AvgIpc) is 2.41. The maximum atomic E-state index is 13.5. The van der Waals surface area contributed by atoms with Gasteiger partial charge >= 0.3 is 0 Å². The Morgan fingerprint density at radius 2 is 2.05 bits per heavy atom. The second-order valence-corrected chi connectivity index (χ2v) is 3.94. The van der Waals surface area contributed by atoms with E-state index < -0.39 is 11.6 Å². The van der Waals surface area contributed by atoms with Crippen LogP contribution in [0.1, 0.15) is 13.3 Å². The van der Waals surface area contributed by atoms with Crippen molar-refractivity contribution in [2.24, 2.45) is 0 Å². The van der Waals surface area contributed by atoms with Gasteiger partial charge in [0, 0.05) is 18.8 Å². The number of nitrogens with zero attached hydrogens (tertiary/aromatic N) is 2. The smallest absolute Gasteiger partial charge is 0.224 e. The molecule has 4 nitrogen and oxygen atoms in total. The first-order valence-corrected chi connectivity index (χ1v) is 5.98. The van der Waals surface area contributed by atoms with E-state index in [4.69, 9.17) is 0 Å². The second kappa shape index (κ2) is 6.08. The van der Waals surface area contributed by atoms with Crippen LogP contribution >= 0.6 is 0 Å². The molecule has 19 heavy (non-hydrogen) atoms. The fourth-order valence-corrected chi connectivity index (χ4v) is 1.48. The lowest BCUT2D eigenvalue weighted by Gasteiger charge is -2.08. The van der Waals surface area contributed by atoms with Gasteiger partial charge in [0.1, 0.15) is 17.5 Å². The quantitative estimate of drug-likeness (QED) is 0.869. The van der Waals surface area contributed by atoms with Gasteiger partial charge in [-0.2, -0.15) is 4.98 Å². The Morgan fingerprint density at radius 1 is 1.21 bits per heavy atom. The number of hydrogen-bond donors (Lipinski definition) is 2. The molecule has 0 saturated carbocycles. The van der Waals surface area contributed by atoms with Crippen molar-refractivity contribution in [2.45, 2.75) is 13.3 Å². The summed E-state index contributed by atoms with van der Waals surface area (Å²) in [6.07, 6.45) is 2.49. The largest absolute Gasteiger partial charge is 0.354 e. The van der Waals surface area contributed by atoms with Crippen molar-refractivity contribution in [1.82, 2.24) is 9.97 Å². The Labute approximate surface area is 109 Å². The molecule has 0 saturated heterocycles. The van der Waals surface area contributed by atoms with Gasteiger partial charge in [-0.1, -0.05) is 6.92 Å². The maximum absolute atomic E-state index is 13.5. The lowest BCUT2D eigenvalue weighted by Crippen LogP contribution is -2.05. The predicted octanol–water partition coefficient (Wildman–Crippen LogP) is 3.32. The number of benzene rings is 1. The van der Waals surface area contributed by atoms with Crippen molar-refractivity contribution >= 4 is 17.5 Å². The predicted molar refractivity (Wildman–Crippen MR) is 70.5 cm³/mol. The molecular formula is C13H14F2N4. The molecule has 2 aromatic rings. The van der Waals surface area contributed by atoms with E-state index >= 15 is 0 Å². The van der Waals surface area contributed by atoms with Crippen LogP contribution < -0.4 is 10.6 Å². The van der Waals surface area contributed by atoms with Crippen LogP contribution in [0.3, 0.4) is 0 Å². The highest BCUT2D eigenvalue weighted by Crippen LogP contribution is 2.19. The molecule has 6 heteroatoms. The minimum Gasteiger partial charge on any atom is -0.354 e. The lowest BCUT2D eigenvalue weighted by atomic mass is 10.3. The topological polar surface area (TPSA) is 49.8 Å². The first-order chi connectivity index (χ1) is 9.19. The second-order valence-electron chi connectivity index (χ2n) is 3.94. The van der Waals surface area contributed by atoms with Gasteiger partial charge in [-0.15, -0.1) is 0 Å². The summed E-state index contributed by atoms with van der Waals surface area (Å²) in [5, 5.41) is 5.74. The van der Waals surface area contributed by atoms with Crippen molar-refractivity contribution in [3.8, 4) is 0 Å². The summed E-state index contributed by atoms with van der Waals surface area (Å²) in [6, 6.07) is 4.79. The zero-order valence-electron chi connectivity index (χ0n) is 10.5. The molecule has 0 aliphatic carbocycles. The summed E-state index contributed by atoms with van der Waals surface area (Å²) in [5.74, 6) is -0.202. The summed E-state index contributed by atoms with van der Waals surface area (Å²) in [6.45, 7) is 2.77. The van der Waals surface area contributed by atoms with Crippen LogP contribution in [0.4, 0.5) is 26.2 Å². The molecule has 0 aliphatic heterocycles. The third kappa shape index (κ3) is 3.61. The summed E-state index contributed by atoms with van der Waals surface area (Å²) in [7, 11) is 0. The summed E-state index contributed by atoms with van der Waals surface area (Å²) in [5.41, 5.74) is 0.0418. The molecule has 0 radical (unpaired) electrons. The number of halogens is 2. The van der Waals surface area contributed by atoms with E-state index in [2.05, 4.69) is 20.6 Å². The highest BCUT2D eigenvalue weighted by atomic mass is 19.1. The molecule has 1 heterocycles. The molecule has 1 aromatic carbocycles. The summed E-state index contributed by atoms with van der Waals surface area (Å²) >= 11 is 0.